The molecule has 0 saturated carbocycles. The van der Waals surface area contributed by atoms with Crippen LogP contribution in [0.5, 0.6) is 0 Å². The molecule has 2 heterocycles. The standard InChI is InChI=1S/C16H29NO6Si/c1-16(2,3)24(4,5)23-15-11(8-18)21-9-22-14(15)10-6-12(19)17-13(20)7-10/h10-11,14-15,18H,6-9H2,1-5H3,(H,17,19,20)/t11-,14+,15+/m1/s1. The van der Waals surface area contributed by atoms with Gasteiger partial charge in [0, 0.05) is 18.8 Å². The molecule has 0 aromatic heterocycles. The van der Waals surface area contributed by atoms with Crippen molar-refractivity contribution in [2.24, 2.45) is 5.92 Å². The van der Waals surface area contributed by atoms with E-state index in [9.17, 15) is 14.7 Å². The quantitative estimate of drug-likeness (QED) is 0.578. The summed E-state index contributed by atoms with van der Waals surface area (Å²) >= 11 is 0. The highest BCUT2D eigenvalue weighted by Crippen LogP contribution is 2.40. The van der Waals surface area contributed by atoms with Gasteiger partial charge in [0.25, 0.3) is 0 Å². The Bertz CT molecular complexity index is 473. The topological polar surface area (TPSA) is 94.1 Å². The summed E-state index contributed by atoms with van der Waals surface area (Å²) in [5.41, 5.74) is 0. The summed E-state index contributed by atoms with van der Waals surface area (Å²) in [5, 5.41) is 12.0. The minimum Gasteiger partial charge on any atom is -0.409 e. The first-order valence-corrected chi connectivity index (χ1v) is 11.3. The number of carbonyl (C=O) groups excluding carboxylic acids is 2. The van der Waals surface area contributed by atoms with E-state index in [0.717, 1.165) is 0 Å². The van der Waals surface area contributed by atoms with Gasteiger partial charge in [-0.15, -0.1) is 0 Å². The van der Waals surface area contributed by atoms with Crippen LogP contribution in [-0.4, -0.2) is 57.0 Å². The van der Waals surface area contributed by atoms with Crippen molar-refractivity contribution in [1.29, 1.82) is 0 Å². The molecule has 0 bridgehead atoms. The maximum atomic E-state index is 11.7. The van der Waals surface area contributed by atoms with Crippen LogP contribution in [0.4, 0.5) is 0 Å². The van der Waals surface area contributed by atoms with Crippen LogP contribution >= 0.6 is 0 Å². The van der Waals surface area contributed by atoms with Crippen LogP contribution in [-0.2, 0) is 23.5 Å². The number of hydrogen-bond acceptors (Lipinski definition) is 6. The summed E-state index contributed by atoms with van der Waals surface area (Å²) in [5.74, 6) is -0.852. The van der Waals surface area contributed by atoms with Gasteiger partial charge in [0.15, 0.2) is 8.32 Å². The van der Waals surface area contributed by atoms with Crippen LogP contribution in [0.1, 0.15) is 33.6 Å². The number of aliphatic hydroxyl groups is 1. The lowest BCUT2D eigenvalue weighted by Crippen LogP contribution is -2.59. The highest BCUT2D eigenvalue weighted by Gasteiger charge is 2.48. The monoisotopic (exact) mass is 359 g/mol. The van der Waals surface area contributed by atoms with Gasteiger partial charge in [-0.1, -0.05) is 20.8 Å². The minimum absolute atomic E-state index is 0.0191. The third-order valence-electron chi connectivity index (χ3n) is 5.29. The summed E-state index contributed by atoms with van der Waals surface area (Å²) < 4.78 is 17.7. The molecule has 2 N–H and O–H groups in total. The Morgan fingerprint density at radius 2 is 1.79 bits per heavy atom. The molecule has 7 nitrogen and oxygen atoms in total. The van der Waals surface area contributed by atoms with E-state index in [-0.39, 0.29) is 49.0 Å². The second-order valence-corrected chi connectivity index (χ2v) is 12.9. The van der Waals surface area contributed by atoms with Crippen molar-refractivity contribution in [3.63, 3.8) is 0 Å². The van der Waals surface area contributed by atoms with E-state index in [2.05, 4.69) is 39.2 Å². The molecule has 0 radical (unpaired) electrons. The number of rotatable bonds is 4. The van der Waals surface area contributed by atoms with Crippen molar-refractivity contribution in [3.8, 4) is 0 Å². The van der Waals surface area contributed by atoms with Crippen LogP contribution in [0.25, 0.3) is 0 Å². The molecule has 2 rings (SSSR count). The van der Waals surface area contributed by atoms with E-state index in [4.69, 9.17) is 13.9 Å². The molecular weight excluding hydrogens is 330 g/mol. The molecule has 0 unspecified atom stereocenters. The second kappa shape index (κ2) is 7.21. The number of hydrogen-bond donors (Lipinski definition) is 2. The maximum absolute atomic E-state index is 11.7. The van der Waals surface area contributed by atoms with Gasteiger partial charge in [-0.25, -0.2) is 0 Å². The summed E-state index contributed by atoms with van der Waals surface area (Å²) in [7, 11) is -2.15. The molecule has 0 spiro atoms. The number of imide groups is 1. The number of aliphatic hydroxyl groups excluding tert-OH is 1. The van der Waals surface area contributed by atoms with Gasteiger partial charge in [-0.3, -0.25) is 14.9 Å². The van der Waals surface area contributed by atoms with E-state index in [0.29, 0.717) is 0 Å². The predicted octanol–water partition coefficient (Wildman–Crippen LogP) is 1.16. The Balaban J connectivity index is 2.23. The van der Waals surface area contributed by atoms with Crippen molar-refractivity contribution in [2.75, 3.05) is 13.4 Å². The normalized spacial score (nSPS) is 30.3. The Labute approximate surface area is 144 Å². The molecule has 2 amide bonds. The number of nitrogens with one attached hydrogen (secondary N) is 1. The molecule has 8 heteroatoms. The molecule has 0 aromatic carbocycles. The van der Waals surface area contributed by atoms with Gasteiger partial charge in [0.05, 0.1) is 12.7 Å². The average molecular weight is 359 g/mol. The molecule has 0 aromatic rings. The Hall–Kier alpha value is -0.803. The van der Waals surface area contributed by atoms with Crippen LogP contribution in [0, 0.1) is 5.92 Å². The van der Waals surface area contributed by atoms with Crippen molar-refractivity contribution in [2.45, 2.75) is 70.1 Å². The Kier molecular flexibility index (Phi) is 5.86. The molecule has 2 fully saturated rings. The maximum Gasteiger partial charge on any atom is 0.226 e. The fraction of sp³-hybridized carbons (Fsp3) is 0.875. The van der Waals surface area contributed by atoms with Gasteiger partial charge < -0.3 is 19.0 Å². The molecule has 138 valence electrons. The summed E-state index contributed by atoms with van der Waals surface area (Å²) in [6.07, 6.45) is -1.02. The smallest absolute Gasteiger partial charge is 0.226 e. The third kappa shape index (κ3) is 4.23. The molecule has 2 saturated heterocycles. The van der Waals surface area contributed by atoms with Crippen molar-refractivity contribution >= 4 is 20.1 Å². The number of ether oxygens (including phenoxy) is 2. The van der Waals surface area contributed by atoms with Gasteiger partial charge in [-0.2, -0.15) is 0 Å². The number of carbonyl (C=O) groups is 2. The zero-order valence-corrected chi connectivity index (χ0v) is 16.1. The van der Waals surface area contributed by atoms with Crippen molar-refractivity contribution < 1.29 is 28.6 Å². The van der Waals surface area contributed by atoms with E-state index >= 15 is 0 Å². The van der Waals surface area contributed by atoms with Crippen LogP contribution in [0.15, 0.2) is 0 Å². The Morgan fingerprint density at radius 1 is 1.21 bits per heavy atom. The Morgan fingerprint density at radius 3 is 2.29 bits per heavy atom. The van der Waals surface area contributed by atoms with Gasteiger partial charge in [-0.05, 0) is 18.1 Å². The first kappa shape index (κ1) is 19.5. The van der Waals surface area contributed by atoms with Gasteiger partial charge in [0.1, 0.15) is 19.0 Å². The lowest BCUT2D eigenvalue weighted by Gasteiger charge is -2.47. The number of amides is 2. The van der Waals surface area contributed by atoms with Crippen LogP contribution in [0.2, 0.25) is 18.1 Å². The molecule has 2 aliphatic rings. The van der Waals surface area contributed by atoms with E-state index in [1.165, 1.54) is 0 Å². The van der Waals surface area contributed by atoms with Gasteiger partial charge in [0.2, 0.25) is 11.8 Å². The lowest BCUT2D eigenvalue weighted by molar-refractivity contribution is -0.246. The molecule has 24 heavy (non-hydrogen) atoms. The molecular formula is C16H29NO6Si. The van der Waals surface area contributed by atoms with Crippen LogP contribution < -0.4 is 5.32 Å². The minimum atomic E-state index is -2.15. The first-order valence-electron chi connectivity index (χ1n) is 8.39. The van der Waals surface area contributed by atoms with Crippen molar-refractivity contribution in [3.05, 3.63) is 0 Å². The highest BCUT2D eigenvalue weighted by atomic mass is 28.4. The second-order valence-electron chi connectivity index (χ2n) is 8.12. The van der Waals surface area contributed by atoms with Crippen LogP contribution in [0.3, 0.4) is 0 Å². The summed E-state index contributed by atoms with van der Waals surface area (Å²) in [4.78, 5) is 23.5. The van der Waals surface area contributed by atoms with E-state index < -0.39 is 26.6 Å². The van der Waals surface area contributed by atoms with Crippen molar-refractivity contribution in [1.82, 2.24) is 5.32 Å². The lowest BCUT2D eigenvalue weighted by atomic mass is 9.86. The highest BCUT2D eigenvalue weighted by molar-refractivity contribution is 6.74. The third-order valence-corrected chi connectivity index (χ3v) is 9.76. The fourth-order valence-corrected chi connectivity index (χ4v) is 4.19. The van der Waals surface area contributed by atoms with E-state index in [1.807, 2.05) is 0 Å². The van der Waals surface area contributed by atoms with E-state index in [1.54, 1.807) is 0 Å². The SMILES string of the molecule is CC(C)(C)[Si](C)(C)O[C@H]1[C@@H](CO)OCO[C@H]1C1CC(=O)NC(=O)C1. The summed E-state index contributed by atoms with van der Waals surface area (Å²) in [6.45, 7) is 10.5. The zero-order chi connectivity index (χ0) is 18.1. The predicted molar refractivity (Wildman–Crippen MR) is 89.6 cm³/mol. The number of piperidine rings is 1. The largest absolute Gasteiger partial charge is 0.409 e. The zero-order valence-electron chi connectivity index (χ0n) is 15.1. The average Bonchev–Trinajstić information content (AvgIpc) is 2.44. The molecule has 2 aliphatic heterocycles. The molecule has 3 atom stereocenters. The fourth-order valence-electron chi connectivity index (χ4n) is 2.87. The molecule has 0 aliphatic carbocycles. The first-order chi connectivity index (χ1) is 11.0. The van der Waals surface area contributed by atoms with Gasteiger partial charge >= 0.3 is 0 Å². The summed E-state index contributed by atoms with van der Waals surface area (Å²) in [6, 6.07) is 0.